The van der Waals surface area contributed by atoms with Crippen LogP contribution in [0.2, 0.25) is 0 Å². The second-order valence-electron chi connectivity index (χ2n) is 10.1. The van der Waals surface area contributed by atoms with Crippen molar-refractivity contribution in [2.45, 2.75) is 63.6 Å². The van der Waals surface area contributed by atoms with E-state index >= 15 is 0 Å². The van der Waals surface area contributed by atoms with Crippen LogP contribution in [-0.4, -0.2) is 33.1 Å². The first kappa shape index (κ1) is 24.5. The molecule has 1 fully saturated rings. The Morgan fingerprint density at radius 2 is 1.72 bits per heavy atom. The van der Waals surface area contributed by atoms with Crippen molar-refractivity contribution in [2.24, 2.45) is 0 Å². The van der Waals surface area contributed by atoms with E-state index in [0.717, 1.165) is 53.7 Å². The van der Waals surface area contributed by atoms with Crippen LogP contribution in [0.15, 0.2) is 42.6 Å². The van der Waals surface area contributed by atoms with E-state index in [1.165, 1.54) is 12.3 Å². The first-order valence-electron chi connectivity index (χ1n) is 12.4. The predicted octanol–water partition coefficient (Wildman–Crippen LogP) is 5.73. The molecule has 0 saturated heterocycles. The zero-order chi connectivity index (χ0) is 25.5. The second kappa shape index (κ2) is 9.35. The molecular weight excluding hydrogens is 467 g/mol. The van der Waals surface area contributed by atoms with Crippen LogP contribution in [0.1, 0.15) is 67.2 Å². The molecule has 3 aromatic rings. The van der Waals surface area contributed by atoms with Gasteiger partial charge < -0.3 is 15.3 Å². The van der Waals surface area contributed by atoms with Crippen LogP contribution in [0.5, 0.6) is 0 Å². The molecule has 0 bridgehead atoms. The van der Waals surface area contributed by atoms with Gasteiger partial charge >= 0.3 is 6.18 Å². The molecule has 1 aliphatic heterocycles. The monoisotopic (exact) mass is 497 g/mol. The predicted molar refractivity (Wildman–Crippen MR) is 132 cm³/mol. The quantitative estimate of drug-likeness (QED) is 0.469. The van der Waals surface area contributed by atoms with E-state index in [9.17, 15) is 18.3 Å². The van der Waals surface area contributed by atoms with Crippen LogP contribution < -0.4 is 10.2 Å². The molecule has 6 nitrogen and oxygen atoms in total. The van der Waals surface area contributed by atoms with Crippen LogP contribution in [0.4, 0.5) is 30.5 Å². The van der Waals surface area contributed by atoms with Crippen molar-refractivity contribution in [3.63, 3.8) is 0 Å². The van der Waals surface area contributed by atoms with Crippen molar-refractivity contribution in [1.29, 1.82) is 0 Å². The molecule has 2 aliphatic rings. The van der Waals surface area contributed by atoms with Gasteiger partial charge in [-0.1, -0.05) is 18.6 Å². The Bertz CT molecular complexity index is 1230. The minimum absolute atomic E-state index is 0.0401. The number of aromatic nitrogens is 3. The number of benzene rings is 1. The summed E-state index contributed by atoms with van der Waals surface area (Å²) in [6.07, 6.45) is 1.19. The molecule has 0 amide bonds. The van der Waals surface area contributed by atoms with Crippen molar-refractivity contribution in [2.75, 3.05) is 23.3 Å². The molecule has 36 heavy (non-hydrogen) atoms. The van der Waals surface area contributed by atoms with Crippen molar-refractivity contribution >= 4 is 17.3 Å². The van der Waals surface area contributed by atoms with Crippen LogP contribution in [0, 0.1) is 0 Å². The maximum absolute atomic E-state index is 13.6. The lowest BCUT2D eigenvalue weighted by atomic mass is 9.84. The number of fused-ring (bicyclic) bond motifs is 1. The van der Waals surface area contributed by atoms with E-state index in [-0.39, 0.29) is 5.82 Å². The Morgan fingerprint density at radius 1 is 1.00 bits per heavy atom. The largest absolute Gasteiger partial charge is 0.419 e. The Balaban J connectivity index is 1.46. The maximum Gasteiger partial charge on any atom is 0.419 e. The number of alkyl halides is 3. The molecule has 0 radical (unpaired) electrons. The molecule has 190 valence electrons. The van der Waals surface area contributed by atoms with Crippen molar-refractivity contribution in [3.05, 3.63) is 70.8 Å². The Kier molecular flexibility index (Phi) is 6.36. The summed E-state index contributed by atoms with van der Waals surface area (Å²) in [6.45, 7) is 4.25. The van der Waals surface area contributed by atoms with Crippen LogP contribution in [0.3, 0.4) is 0 Å². The zero-order valence-electron chi connectivity index (χ0n) is 20.4. The number of anilines is 3. The number of hydrogen-bond acceptors (Lipinski definition) is 6. The van der Waals surface area contributed by atoms with Gasteiger partial charge in [0.2, 0.25) is 0 Å². The van der Waals surface area contributed by atoms with Crippen LogP contribution in [-0.2, 0) is 24.6 Å². The highest BCUT2D eigenvalue weighted by Crippen LogP contribution is 2.38. The van der Waals surface area contributed by atoms with Gasteiger partial charge in [-0.2, -0.15) is 13.2 Å². The molecule has 3 heterocycles. The number of nitrogens with zero attached hydrogens (tertiary/aromatic N) is 4. The average molecular weight is 498 g/mol. The molecule has 5 rings (SSSR count). The zero-order valence-corrected chi connectivity index (χ0v) is 20.4. The fourth-order valence-corrected chi connectivity index (χ4v) is 4.75. The molecule has 1 saturated carbocycles. The van der Waals surface area contributed by atoms with Crippen LogP contribution >= 0.6 is 0 Å². The number of aliphatic hydroxyl groups is 1. The van der Waals surface area contributed by atoms with Gasteiger partial charge in [-0.05, 0) is 62.9 Å². The van der Waals surface area contributed by atoms with E-state index in [4.69, 9.17) is 9.97 Å². The van der Waals surface area contributed by atoms with Gasteiger partial charge in [0, 0.05) is 42.9 Å². The first-order valence-corrected chi connectivity index (χ1v) is 12.4. The summed E-state index contributed by atoms with van der Waals surface area (Å²) >= 11 is 0. The number of rotatable bonds is 5. The van der Waals surface area contributed by atoms with E-state index < -0.39 is 17.3 Å². The van der Waals surface area contributed by atoms with Gasteiger partial charge in [-0.3, -0.25) is 0 Å². The molecule has 9 heteroatoms. The molecular formula is C27H30F3N5O. The summed E-state index contributed by atoms with van der Waals surface area (Å²) in [4.78, 5) is 15.6. The SMILES string of the molecule is CC(C)(O)c1ccc(Nc2nc(C3CCC3)nc3c2CCN(c2ncccc2C(F)(F)F)CC3)cc1. The Labute approximate surface area is 208 Å². The van der Waals surface area contributed by atoms with Crippen LogP contribution in [0.25, 0.3) is 0 Å². The standard InChI is InChI=1S/C27H30F3N5O/c1-26(2,36)18-8-10-19(11-9-18)32-24-20-12-15-35(25-21(27(28,29)30)7-4-14-31-25)16-13-22(20)33-23(34-24)17-5-3-6-17/h4,7-11,14,17,36H,3,5-6,12-13,15-16H2,1-2H3,(H,32,33,34). The van der Waals surface area contributed by atoms with E-state index in [1.54, 1.807) is 18.7 Å². The van der Waals surface area contributed by atoms with Crippen molar-refractivity contribution in [1.82, 2.24) is 15.0 Å². The summed E-state index contributed by atoms with van der Waals surface area (Å²) in [5.41, 5.74) is 1.78. The van der Waals surface area contributed by atoms with Gasteiger partial charge in [-0.15, -0.1) is 0 Å². The van der Waals surface area contributed by atoms with E-state index in [1.807, 2.05) is 24.3 Å². The molecule has 0 unspecified atom stereocenters. The number of halogens is 3. The molecule has 0 atom stereocenters. The van der Waals surface area contributed by atoms with Gasteiger partial charge in [0.1, 0.15) is 17.5 Å². The highest BCUT2D eigenvalue weighted by molar-refractivity contribution is 5.62. The number of pyridine rings is 1. The first-order chi connectivity index (χ1) is 17.1. The van der Waals surface area contributed by atoms with E-state index in [2.05, 4.69) is 10.3 Å². The normalized spacial score (nSPS) is 16.8. The second-order valence-corrected chi connectivity index (χ2v) is 10.1. The lowest BCUT2D eigenvalue weighted by Gasteiger charge is -2.25. The van der Waals surface area contributed by atoms with Gasteiger partial charge in [-0.25, -0.2) is 15.0 Å². The summed E-state index contributed by atoms with van der Waals surface area (Å²) in [5.74, 6) is 1.79. The topological polar surface area (TPSA) is 74.2 Å². The van der Waals surface area contributed by atoms with Gasteiger partial charge in [0.05, 0.1) is 16.9 Å². The third-order valence-electron chi connectivity index (χ3n) is 7.08. The molecule has 1 aliphatic carbocycles. The average Bonchev–Trinajstić information content (AvgIpc) is 3.00. The summed E-state index contributed by atoms with van der Waals surface area (Å²) in [7, 11) is 0. The van der Waals surface area contributed by atoms with Crippen molar-refractivity contribution in [3.8, 4) is 0 Å². The third-order valence-corrected chi connectivity index (χ3v) is 7.08. The lowest BCUT2D eigenvalue weighted by Crippen LogP contribution is -2.29. The fourth-order valence-electron chi connectivity index (χ4n) is 4.75. The van der Waals surface area contributed by atoms with Crippen molar-refractivity contribution < 1.29 is 18.3 Å². The third kappa shape index (κ3) is 5.02. The fraction of sp³-hybridized carbons (Fsp3) is 0.444. The molecule has 2 N–H and O–H groups in total. The minimum atomic E-state index is -4.47. The number of hydrogen-bond donors (Lipinski definition) is 2. The molecule has 0 spiro atoms. The Hall–Kier alpha value is -3.20. The Morgan fingerprint density at radius 3 is 2.36 bits per heavy atom. The summed E-state index contributed by atoms with van der Waals surface area (Å²) < 4.78 is 40.9. The maximum atomic E-state index is 13.6. The number of nitrogens with one attached hydrogen (secondary N) is 1. The summed E-state index contributed by atoms with van der Waals surface area (Å²) in [5, 5.41) is 13.7. The summed E-state index contributed by atoms with van der Waals surface area (Å²) in [6, 6.07) is 9.95. The van der Waals surface area contributed by atoms with Gasteiger partial charge in [0.25, 0.3) is 0 Å². The molecule has 2 aromatic heterocycles. The highest BCUT2D eigenvalue weighted by Gasteiger charge is 2.36. The highest BCUT2D eigenvalue weighted by atomic mass is 19.4. The lowest BCUT2D eigenvalue weighted by molar-refractivity contribution is -0.137. The smallest absolute Gasteiger partial charge is 0.386 e. The minimum Gasteiger partial charge on any atom is -0.386 e. The van der Waals surface area contributed by atoms with Gasteiger partial charge in [0.15, 0.2) is 0 Å². The van der Waals surface area contributed by atoms with E-state index in [0.29, 0.717) is 37.7 Å². The molecule has 1 aromatic carbocycles.